The fourth-order valence-corrected chi connectivity index (χ4v) is 5.76. The molecule has 0 saturated carbocycles. The van der Waals surface area contributed by atoms with Gasteiger partial charge in [0.2, 0.25) is 15.9 Å². The molecule has 0 spiro atoms. The van der Waals surface area contributed by atoms with Crippen LogP contribution >= 0.6 is 11.3 Å². The van der Waals surface area contributed by atoms with Crippen molar-refractivity contribution in [1.29, 1.82) is 0 Å². The maximum atomic E-state index is 14.4. The Balaban J connectivity index is 1.95. The molecule has 11 heteroatoms. The molecule has 0 aliphatic rings. The maximum absolute atomic E-state index is 14.4. The summed E-state index contributed by atoms with van der Waals surface area (Å²) in [5.74, 6) is -4.82. The number of halogens is 3. The van der Waals surface area contributed by atoms with Crippen molar-refractivity contribution < 1.29 is 31.5 Å². The lowest BCUT2D eigenvalue weighted by Crippen LogP contribution is -2.50. The van der Waals surface area contributed by atoms with E-state index in [-0.39, 0.29) is 37.4 Å². The first-order chi connectivity index (χ1) is 16.6. The fourth-order valence-electron chi connectivity index (χ4n) is 3.46. The summed E-state index contributed by atoms with van der Waals surface area (Å²) in [5, 5.41) is 15.5. The van der Waals surface area contributed by atoms with E-state index in [1.165, 1.54) is 11.3 Å². The monoisotopic (exact) mass is 526 g/mol. The van der Waals surface area contributed by atoms with Crippen LogP contribution in [0, 0.1) is 17.5 Å². The molecule has 0 radical (unpaired) electrons. The summed E-state index contributed by atoms with van der Waals surface area (Å²) >= 11 is 1.24. The summed E-state index contributed by atoms with van der Waals surface area (Å²) in [6.07, 6.45) is -1.04. The molecule has 0 bridgehead atoms. The quantitative estimate of drug-likeness (QED) is 0.372. The molecular weight excluding hydrogens is 501 g/mol. The van der Waals surface area contributed by atoms with E-state index in [1.54, 1.807) is 48.7 Å². The van der Waals surface area contributed by atoms with Crippen LogP contribution in [0.3, 0.4) is 0 Å². The zero-order valence-corrected chi connectivity index (χ0v) is 20.5. The molecule has 3 aromatic rings. The van der Waals surface area contributed by atoms with Gasteiger partial charge < -0.3 is 10.4 Å². The molecule has 0 fully saturated rings. The summed E-state index contributed by atoms with van der Waals surface area (Å²) in [7, 11) is -4.70. The van der Waals surface area contributed by atoms with Crippen molar-refractivity contribution in [1.82, 2.24) is 9.62 Å². The SMILES string of the molecule is CCC(=O)NC(Cc1ccccc1)C(O)CN(Cc1cccs1)S(=O)(=O)c1cc(F)c(F)cc1F. The van der Waals surface area contributed by atoms with Gasteiger partial charge in [-0.15, -0.1) is 11.3 Å². The van der Waals surface area contributed by atoms with E-state index in [1.807, 2.05) is 6.07 Å². The Labute approximate surface area is 206 Å². The lowest BCUT2D eigenvalue weighted by molar-refractivity contribution is -0.122. The highest BCUT2D eigenvalue weighted by atomic mass is 32.2. The van der Waals surface area contributed by atoms with E-state index in [0.29, 0.717) is 4.88 Å². The molecule has 6 nitrogen and oxygen atoms in total. The second-order valence-electron chi connectivity index (χ2n) is 7.86. The highest BCUT2D eigenvalue weighted by Crippen LogP contribution is 2.25. The van der Waals surface area contributed by atoms with E-state index in [9.17, 15) is 31.5 Å². The largest absolute Gasteiger partial charge is 0.390 e. The van der Waals surface area contributed by atoms with Crippen LogP contribution in [0.15, 0.2) is 64.9 Å². The van der Waals surface area contributed by atoms with Crippen molar-refractivity contribution in [2.45, 2.75) is 43.4 Å². The van der Waals surface area contributed by atoms with Crippen molar-refractivity contribution in [3.05, 3.63) is 87.9 Å². The van der Waals surface area contributed by atoms with Crippen LogP contribution in [0.2, 0.25) is 0 Å². The number of sulfonamides is 1. The smallest absolute Gasteiger partial charge is 0.246 e. The molecule has 1 heterocycles. The number of hydrogen-bond acceptors (Lipinski definition) is 5. The molecule has 35 heavy (non-hydrogen) atoms. The van der Waals surface area contributed by atoms with Gasteiger partial charge in [0.1, 0.15) is 10.7 Å². The van der Waals surface area contributed by atoms with Crippen molar-refractivity contribution >= 4 is 27.3 Å². The Morgan fingerprint density at radius 3 is 2.37 bits per heavy atom. The van der Waals surface area contributed by atoms with Gasteiger partial charge in [-0.05, 0) is 29.5 Å². The molecule has 2 unspecified atom stereocenters. The Bertz CT molecular complexity index is 1240. The van der Waals surface area contributed by atoms with Gasteiger partial charge in [-0.25, -0.2) is 21.6 Å². The number of amides is 1. The van der Waals surface area contributed by atoms with Gasteiger partial charge in [0.25, 0.3) is 0 Å². The van der Waals surface area contributed by atoms with E-state index in [2.05, 4.69) is 5.32 Å². The van der Waals surface area contributed by atoms with Crippen LogP contribution in [-0.4, -0.2) is 42.4 Å². The standard InChI is InChI=1S/C24H25F3N2O4S2/c1-2-24(31)28-21(11-16-7-4-3-5-8-16)22(30)15-29(14-17-9-6-10-34-17)35(32,33)23-13-19(26)18(25)12-20(23)27/h3-10,12-13,21-22,30H,2,11,14-15H2,1H3,(H,28,31). The van der Waals surface area contributed by atoms with Gasteiger partial charge in [0.05, 0.1) is 12.1 Å². The van der Waals surface area contributed by atoms with Crippen LogP contribution in [-0.2, 0) is 27.8 Å². The Hall–Kier alpha value is -2.73. The minimum absolute atomic E-state index is 0.148. The first kappa shape index (κ1) is 26.9. The van der Waals surface area contributed by atoms with Crippen molar-refractivity contribution in [2.75, 3.05) is 6.54 Å². The maximum Gasteiger partial charge on any atom is 0.246 e. The van der Waals surface area contributed by atoms with Gasteiger partial charge >= 0.3 is 0 Å². The minimum Gasteiger partial charge on any atom is -0.390 e. The summed E-state index contributed by atoms with van der Waals surface area (Å²) in [6, 6.07) is 11.9. The number of thiophene rings is 1. The predicted molar refractivity (Wildman–Crippen MR) is 127 cm³/mol. The molecule has 2 aromatic carbocycles. The molecular formula is C24H25F3N2O4S2. The van der Waals surface area contributed by atoms with Crippen LogP contribution in [0.5, 0.6) is 0 Å². The van der Waals surface area contributed by atoms with Gasteiger partial charge in [0, 0.05) is 30.5 Å². The van der Waals surface area contributed by atoms with Crippen molar-refractivity contribution in [2.24, 2.45) is 0 Å². The molecule has 0 aliphatic heterocycles. The third-order valence-electron chi connectivity index (χ3n) is 5.33. The van der Waals surface area contributed by atoms with Crippen molar-refractivity contribution in [3.8, 4) is 0 Å². The zero-order valence-electron chi connectivity index (χ0n) is 18.8. The molecule has 1 aromatic heterocycles. The van der Waals surface area contributed by atoms with Crippen LogP contribution < -0.4 is 5.32 Å². The Morgan fingerprint density at radius 1 is 1.06 bits per heavy atom. The first-order valence-electron chi connectivity index (χ1n) is 10.8. The molecule has 0 saturated heterocycles. The average molecular weight is 527 g/mol. The number of nitrogens with one attached hydrogen (secondary N) is 1. The number of carbonyl (C=O) groups is 1. The molecule has 0 aliphatic carbocycles. The highest BCUT2D eigenvalue weighted by molar-refractivity contribution is 7.89. The van der Waals surface area contributed by atoms with E-state index < -0.39 is 51.1 Å². The van der Waals surface area contributed by atoms with Crippen LogP contribution in [0.4, 0.5) is 13.2 Å². The third-order valence-corrected chi connectivity index (χ3v) is 8.01. The van der Waals surface area contributed by atoms with E-state index in [4.69, 9.17) is 0 Å². The van der Waals surface area contributed by atoms with Gasteiger partial charge in [-0.2, -0.15) is 4.31 Å². The Morgan fingerprint density at radius 2 is 1.74 bits per heavy atom. The summed E-state index contributed by atoms with van der Waals surface area (Å²) in [4.78, 5) is 11.7. The first-order valence-corrected chi connectivity index (χ1v) is 13.1. The molecule has 188 valence electrons. The number of nitrogens with zero attached hydrogens (tertiary/aromatic N) is 1. The zero-order chi connectivity index (χ0) is 25.6. The predicted octanol–water partition coefficient (Wildman–Crippen LogP) is 3.85. The van der Waals surface area contributed by atoms with Crippen LogP contribution in [0.1, 0.15) is 23.8 Å². The third kappa shape index (κ3) is 6.91. The van der Waals surface area contributed by atoms with Crippen molar-refractivity contribution in [3.63, 3.8) is 0 Å². The second kappa shape index (κ2) is 11.8. The van der Waals surface area contributed by atoms with E-state index >= 15 is 0 Å². The molecule has 3 rings (SSSR count). The lowest BCUT2D eigenvalue weighted by Gasteiger charge is -2.29. The summed E-state index contributed by atoms with van der Waals surface area (Å²) in [5.41, 5.74) is 0.798. The van der Waals surface area contributed by atoms with E-state index in [0.717, 1.165) is 9.87 Å². The second-order valence-corrected chi connectivity index (χ2v) is 10.8. The number of hydrogen-bond donors (Lipinski definition) is 2. The average Bonchev–Trinajstić information content (AvgIpc) is 3.34. The number of aliphatic hydroxyl groups is 1. The highest BCUT2D eigenvalue weighted by Gasteiger charge is 2.33. The number of aliphatic hydroxyl groups excluding tert-OH is 1. The Kier molecular flexibility index (Phi) is 9.06. The molecule has 2 atom stereocenters. The van der Waals surface area contributed by atoms with Gasteiger partial charge in [-0.1, -0.05) is 43.3 Å². The number of benzene rings is 2. The number of rotatable bonds is 11. The normalized spacial score (nSPS) is 13.5. The minimum atomic E-state index is -4.70. The van der Waals surface area contributed by atoms with Gasteiger partial charge in [-0.3, -0.25) is 4.79 Å². The number of carbonyl (C=O) groups excluding carboxylic acids is 1. The summed E-state index contributed by atoms with van der Waals surface area (Å²) in [6.45, 7) is 0.871. The molecule has 2 N–H and O–H groups in total. The fraction of sp³-hybridized carbons (Fsp3) is 0.292. The molecule has 1 amide bonds. The lowest BCUT2D eigenvalue weighted by atomic mass is 10.0. The topological polar surface area (TPSA) is 86.7 Å². The van der Waals surface area contributed by atoms with Gasteiger partial charge in [0.15, 0.2) is 11.6 Å². The summed E-state index contributed by atoms with van der Waals surface area (Å²) < 4.78 is 69.2. The van der Waals surface area contributed by atoms with Crippen LogP contribution in [0.25, 0.3) is 0 Å².